The van der Waals surface area contributed by atoms with Gasteiger partial charge in [-0.25, -0.2) is 0 Å². The van der Waals surface area contributed by atoms with E-state index >= 15 is 0 Å². The van der Waals surface area contributed by atoms with Gasteiger partial charge in [0.05, 0.1) is 6.42 Å². The van der Waals surface area contributed by atoms with Crippen LogP contribution in [-0.2, 0) is 4.79 Å². The molecule has 0 aromatic heterocycles. The van der Waals surface area contributed by atoms with Crippen molar-refractivity contribution in [2.24, 2.45) is 5.92 Å². The third kappa shape index (κ3) is 3.98. The maximum atomic E-state index is 10.7. The molecule has 2 aliphatic carbocycles. The van der Waals surface area contributed by atoms with Gasteiger partial charge < -0.3 is 5.11 Å². The van der Waals surface area contributed by atoms with Crippen LogP contribution in [-0.4, -0.2) is 34.6 Å². The topological polar surface area (TPSA) is 40.5 Å². The number of carbonyl (C=O) groups is 1. The van der Waals surface area contributed by atoms with Crippen LogP contribution in [0.3, 0.4) is 0 Å². The summed E-state index contributed by atoms with van der Waals surface area (Å²) in [6, 6.07) is 1.38. The monoisotopic (exact) mass is 253 g/mol. The first-order chi connectivity index (χ1) is 8.70. The second kappa shape index (κ2) is 6.55. The van der Waals surface area contributed by atoms with Gasteiger partial charge in [-0.1, -0.05) is 19.8 Å². The van der Waals surface area contributed by atoms with Crippen molar-refractivity contribution in [2.75, 3.05) is 6.54 Å². The zero-order chi connectivity index (χ0) is 13.0. The van der Waals surface area contributed by atoms with Gasteiger partial charge in [0.25, 0.3) is 0 Å². The van der Waals surface area contributed by atoms with Crippen LogP contribution in [0.4, 0.5) is 0 Å². The predicted octanol–water partition coefficient (Wildman–Crippen LogP) is 3.28. The van der Waals surface area contributed by atoms with Gasteiger partial charge in [-0.3, -0.25) is 9.69 Å². The van der Waals surface area contributed by atoms with E-state index in [0.717, 1.165) is 12.5 Å². The molecule has 0 spiro atoms. The maximum Gasteiger partial charge on any atom is 0.304 e. The molecular weight excluding hydrogens is 226 g/mol. The van der Waals surface area contributed by atoms with Crippen molar-refractivity contribution < 1.29 is 9.90 Å². The summed E-state index contributed by atoms with van der Waals surface area (Å²) in [5.74, 6) is 0.284. The summed E-state index contributed by atoms with van der Waals surface area (Å²) in [4.78, 5) is 13.3. The first-order valence-corrected chi connectivity index (χ1v) is 7.68. The molecule has 0 saturated heterocycles. The molecule has 0 aliphatic heterocycles. The van der Waals surface area contributed by atoms with Gasteiger partial charge >= 0.3 is 5.97 Å². The van der Waals surface area contributed by atoms with Crippen molar-refractivity contribution in [3.05, 3.63) is 0 Å². The lowest BCUT2D eigenvalue weighted by Gasteiger charge is -2.37. The van der Waals surface area contributed by atoms with Gasteiger partial charge in [-0.15, -0.1) is 0 Å². The number of hydrogen-bond donors (Lipinski definition) is 1. The van der Waals surface area contributed by atoms with Crippen LogP contribution < -0.4 is 0 Å². The van der Waals surface area contributed by atoms with Crippen molar-refractivity contribution in [1.82, 2.24) is 4.90 Å². The Bertz CT molecular complexity index is 268. The molecule has 3 heteroatoms. The van der Waals surface area contributed by atoms with Crippen LogP contribution in [0.25, 0.3) is 0 Å². The summed E-state index contributed by atoms with van der Waals surface area (Å²) >= 11 is 0. The van der Waals surface area contributed by atoms with Gasteiger partial charge in [-0.2, -0.15) is 0 Å². The number of carboxylic acids is 1. The van der Waals surface area contributed by atoms with Crippen molar-refractivity contribution in [1.29, 1.82) is 0 Å². The minimum Gasteiger partial charge on any atom is -0.481 e. The summed E-state index contributed by atoms with van der Waals surface area (Å²) < 4.78 is 0. The fraction of sp³-hybridized carbons (Fsp3) is 0.933. The largest absolute Gasteiger partial charge is 0.481 e. The van der Waals surface area contributed by atoms with E-state index in [1.54, 1.807) is 0 Å². The Kier molecular flexibility index (Phi) is 5.04. The third-order valence-electron chi connectivity index (χ3n) is 4.58. The summed E-state index contributed by atoms with van der Waals surface area (Å²) in [5, 5.41) is 8.85. The second-order valence-corrected chi connectivity index (χ2v) is 6.08. The first-order valence-electron chi connectivity index (χ1n) is 7.68. The molecule has 0 amide bonds. The van der Waals surface area contributed by atoms with Crippen LogP contribution in [0.2, 0.25) is 0 Å². The average Bonchev–Trinajstić information content (AvgIpc) is 3.16. The van der Waals surface area contributed by atoms with Crippen molar-refractivity contribution in [3.8, 4) is 0 Å². The van der Waals surface area contributed by atoms with Crippen LogP contribution >= 0.6 is 0 Å². The minimum atomic E-state index is -0.652. The molecular formula is C15H27NO2. The third-order valence-corrected chi connectivity index (χ3v) is 4.58. The lowest BCUT2D eigenvalue weighted by Crippen LogP contribution is -2.40. The summed E-state index contributed by atoms with van der Waals surface area (Å²) in [7, 11) is 0. The van der Waals surface area contributed by atoms with Crippen LogP contribution in [0.1, 0.15) is 64.7 Å². The molecule has 104 valence electrons. The van der Waals surface area contributed by atoms with Gasteiger partial charge in [-0.05, 0) is 44.4 Å². The molecule has 0 radical (unpaired) electrons. The first kappa shape index (κ1) is 13.9. The van der Waals surface area contributed by atoms with Crippen molar-refractivity contribution in [2.45, 2.75) is 76.8 Å². The van der Waals surface area contributed by atoms with Crippen LogP contribution in [0.5, 0.6) is 0 Å². The van der Waals surface area contributed by atoms with E-state index in [9.17, 15) is 4.79 Å². The zero-order valence-corrected chi connectivity index (χ0v) is 11.6. The number of nitrogens with zero attached hydrogens (tertiary/aromatic N) is 1. The van der Waals surface area contributed by atoms with E-state index in [1.807, 2.05) is 0 Å². The Morgan fingerprint density at radius 2 is 1.67 bits per heavy atom. The highest BCUT2D eigenvalue weighted by Crippen LogP contribution is 2.36. The summed E-state index contributed by atoms with van der Waals surface area (Å²) in [6.07, 6.45) is 10.9. The molecule has 2 saturated carbocycles. The maximum absolute atomic E-state index is 10.7. The van der Waals surface area contributed by atoms with Crippen molar-refractivity contribution >= 4 is 5.97 Å². The molecule has 2 fully saturated rings. The molecule has 2 rings (SSSR count). The van der Waals surface area contributed by atoms with E-state index in [0.29, 0.717) is 18.5 Å². The van der Waals surface area contributed by atoms with Gasteiger partial charge in [0, 0.05) is 18.6 Å². The number of carboxylic acid groups (broad SMARTS) is 1. The second-order valence-electron chi connectivity index (χ2n) is 6.08. The molecule has 0 aromatic rings. The SMILES string of the molecule is CCCC1CCC(N(CCC(=O)O)C2CC2)CC1. The lowest BCUT2D eigenvalue weighted by atomic mass is 9.83. The molecule has 2 aliphatic rings. The predicted molar refractivity (Wildman–Crippen MR) is 72.6 cm³/mol. The Morgan fingerprint density at radius 1 is 1.11 bits per heavy atom. The molecule has 1 N–H and O–H groups in total. The zero-order valence-electron chi connectivity index (χ0n) is 11.6. The molecule has 0 bridgehead atoms. The van der Waals surface area contributed by atoms with E-state index in [4.69, 9.17) is 5.11 Å². The molecule has 0 unspecified atom stereocenters. The fourth-order valence-electron chi connectivity index (χ4n) is 3.47. The standard InChI is InChI=1S/C15H27NO2/c1-2-3-12-4-6-13(7-5-12)16(14-8-9-14)11-10-15(17)18/h12-14H,2-11H2,1H3,(H,17,18). The van der Waals surface area contributed by atoms with Crippen LogP contribution in [0, 0.1) is 5.92 Å². The molecule has 18 heavy (non-hydrogen) atoms. The lowest BCUT2D eigenvalue weighted by molar-refractivity contribution is -0.137. The number of aliphatic carboxylic acids is 1. The average molecular weight is 253 g/mol. The van der Waals surface area contributed by atoms with Crippen LogP contribution in [0.15, 0.2) is 0 Å². The number of rotatable bonds is 7. The summed E-state index contributed by atoms with van der Waals surface area (Å²) in [5.41, 5.74) is 0. The van der Waals surface area contributed by atoms with Gasteiger partial charge in [0.2, 0.25) is 0 Å². The normalized spacial score (nSPS) is 28.6. The highest BCUT2D eigenvalue weighted by Gasteiger charge is 2.35. The van der Waals surface area contributed by atoms with E-state index in [2.05, 4.69) is 11.8 Å². The highest BCUT2D eigenvalue weighted by molar-refractivity contribution is 5.66. The van der Waals surface area contributed by atoms with Crippen molar-refractivity contribution in [3.63, 3.8) is 0 Å². The molecule has 0 atom stereocenters. The molecule has 0 aromatic carbocycles. The fourth-order valence-corrected chi connectivity index (χ4v) is 3.47. The Labute approximate surface area is 111 Å². The molecule has 3 nitrogen and oxygen atoms in total. The number of hydrogen-bond acceptors (Lipinski definition) is 2. The van der Waals surface area contributed by atoms with E-state index in [1.165, 1.54) is 51.4 Å². The summed E-state index contributed by atoms with van der Waals surface area (Å²) in [6.45, 7) is 3.04. The quantitative estimate of drug-likeness (QED) is 0.757. The van der Waals surface area contributed by atoms with E-state index < -0.39 is 5.97 Å². The Morgan fingerprint density at radius 3 is 2.11 bits per heavy atom. The van der Waals surface area contributed by atoms with Gasteiger partial charge in [0.15, 0.2) is 0 Å². The van der Waals surface area contributed by atoms with Gasteiger partial charge in [0.1, 0.15) is 0 Å². The molecule has 0 heterocycles. The smallest absolute Gasteiger partial charge is 0.304 e. The Hall–Kier alpha value is -0.570. The highest BCUT2D eigenvalue weighted by atomic mass is 16.4. The van der Waals surface area contributed by atoms with E-state index in [-0.39, 0.29) is 0 Å². The Balaban J connectivity index is 1.79. The minimum absolute atomic E-state index is 0.311.